The number of imidazole rings is 1. The summed E-state index contributed by atoms with van der Waals surface area (Å²) in [5.41, 5.74) is 0. The largest absolute Gasteiger partial charge is 0.256 e. The molecule has 1 aromatic heterocycles. The molecule has 0 radical (unpaired) electrons. The fourth-order valence-electron chi connectivity index (χ4n) is 6.19. The summed E-state index contributed by atoms with van der Waals surface area (Å²) in [4.78, 5) is 0. The minimum Gasteiger partial charge on any atom is -0.234 e. The van der Waals surface area contributed by atoms with Gasteiger partial charge in [0.1, 0.15) is 12.4 Å². The third-order valence-electron chi connectivity index (χ3n) is 8.82. The molecule has 0 atom stereocenters. The van der Waals surface area contributed by atoms with Gasteiger partial charge in [0, 0.05) is 6.42 Å². The van der Waals surface area contributed by atoms with E-state index in [-0.39, 0.29) is 0 Å². The van der Waals surface area contributed by atoms with Gasteiger partial charge in [0.25, 0.3) is 5.82 Å². The molecule has 0 unspecified atom stereocenters. The Morgan fingerprint density at radius 1 is 0.436 bits per heavy atom. The highest BCUT2D eigenvalue weighted by Crippen LogP contribution is 2.15. The number of hydrogen-bond acceptors (Lipinski definition) is 0. The van der Waals surface area contributed by atoms with Gasteiger partial charge in [-0.25, -0.2) is 9.13 Å². The summed E-state index contributed by atoms with van der Waals surface area (Å²) in [7, 11) is 0. The number of aryl methyl sites for hydroxylation is 2. The van der Waals surface area contributed by atoms with Crippen LogP contribution in [0.5, 0.6) is 0 Å². The van der Waals surface area contributed by atoms with Crippen LogP contribution in [0.4, 0.5) is 0 Å². The minimum atomic E-state index is 1.22. The molecule has 0 N–H and O–H groups in total. The lowest BCUT2D eigenvalue weighted by molar-refractivity contribution is -0.704. The number of unbranched alkanes of at least 4 members (excludes halogenated alkanes) is 25. The van der Waals surface area contributed by atoms with Crippen molar-refractivity contribution in [3.8, 4) is 0 Å². The van der Waals surface area contributed by atoms with Gasteiger partial charge < -0.3 is 0 Å². The summed E-state index contributed by atoms with van der Waals surface area (Å²) in [5, 5.41) is 0. The van der Waals surface area contributed by atoms with Crippen LogP contribution in [0.25, 0.3) is 0 Å². The van der Waals surface area contributed by atoms with Crippen molar-refractivity contribution in [2.24, 2.45) is 0 Å². The molecule has 0 saturated carbocycles. The molecule has 0 amide bonds. The first-order valence-electron chi connectivity index (χ1n) is 18.4. The summed E-state index contributed by atoms with van der Waals surface area (Å²) in [6, 6.07) is 0. The summed E-state index contributed by atoms with van der Waals surface area (Å²) < 4.78 is 5.15. The molecule has 1 aromatic rings. The van der Waals surface area contributed by atoms with Gasteiger partial charge in [-0.05, 0) is 32.1 Å². The monoisotopic (exact) mass is 546 g/mol. The van der Waals surface area contributed by atoms with Crippen LogP contribution in [-0.2, 0) is 19.5 Å². The molecule has 1 rings (SSSR count). The Hall–Kier alpha value is -0.790. The molecule has 0 saturated heterocycles. The maximum Gasteiger partial charge on any atom is 0.256 e. The molecular weight excluding hydrogens is 472 g/mol. The third kappa shape index (κ3) is 21.6. The highest BCUT2D eigenvalue weighted by molar-refractivity contribution is 4.84. The van der Waals surface area contributed by atoms with Crippen LogP contribution in [-0.4, -0.2) is 4.57 Å². The SMILES string of the molecule is CCCCCCCCCCCCCCCCCCC[n+]1ccn(CCCCCCCCCCCC)c1CCC. The average molecular weight is 546 g/mol. The van der Waals surface area contributed by atoms with E-state index in [1.54, 1.807) is 5.82 Å². The first-order chi connectivity index (χ1) is 19.3. The molecule has 230 valence electrons. The van der Waals surface area contributed by atoms with Crippen molar-refractivity contribution in [2.75, 3.05) is 0 Å². The number of rotatable bonds is 31. The van der Waals surface area contributed by atoms with Crippen LogP contribution >= 0.6 is 0 Å². The molecular formula is C37H73N2+. The second-order valence-corrected chi connectivity index (χ2v) is 12.7. The van der Waals surface area contributed by atoms with Crippen molar-refractivity contribution in [2.45, 2.75) is 220 Å². The fraction of sp³-hybridized carbons (Fsp3) is 0.919. The van der Waals surface area contributed by atoms with Crippen LogP contribution in [0.15, 0.2) is 12.4 Å². The summed E-state index contributed by atoms with van der Waals surface area (Å²) in [6.45, 7) is 9.39. The standard InChI is InChI=1S/C37H73N2/c1-4-7-9-11-13-15-17-18-19-20-21-22-23-25-27-29-31-34-39-36-35-38(37(39)32-6-3)33-30-28-26-24-16-14-12-10-8-5-2/h35-36H,4-34H2,1-3H3/q+1. The van der Waals surface area contributed by atoms with Crippen LogP contribution < -0.4 is 4.57 Å². The second-order valence-electron chi connectivity index (χ2n) is 12.7. The Morgan fingerprint density at radius 2 is 0.795 bits per heavy atom. The Balaban J connectivity index is 1.99. The van der Waals surface area contributed by atoms with Crippen molar-refractivity contribution < 1.29 is 4.57 Å². The van der Waals surface area contributed by atoms with Crippen molar-refractivity contribution in [1.29, 1.82) is 0 Å². The van der Waals surface area contributed by atoms with E-state index in [9.17, 15) is 0 Å². The van der Waals surface area contributed by atoms with Gasteiger partial charge in [0.15, 0.2) is 0 Å². The van der Waals surface area contributed by atoms with Crippen molar-refractivity contribution in [3.05, 3.63) is 18.2 Å². The van der Waals surface area contributed by atoms with Gasteiger partial charge in [0.05, 0.1) is 13.1 Å². The topological polar surface area (TPSA) is 8.81 Å². The van der Waals surface area contributed by atoms with E-state index in [1.165, 1.54) is 199 Å². The molecule has 0 aromatic carbocycles. The Morgan fingerprint density at radius 3 is 1.18 bits per heavy atom. The molecule has 2 nitrogen and oxygen atoms in total. The molecule has 0 aliphatic carbocycles. The molecule has 2 heteroatoms. The summed E-state index contributed by atoms with van der Waals surface area (Å²) in [6.07, 6.45) is 46.1. The lowest BCUT2D eigenvalue weighted by atomic mass is 10.0. The van der Waals surface area contributed by atoms with Crippen LogP contribution in [0, 0.1) is 0 Å². The van der Waals surface area contributed by atoms with Gasteiger partial charge in [-0.15, -0.1) is 0 Å². The van der Waals surface area contributed by atoms with Gasteiger partial charge in [-0.3, -0.25) is 0 Å². The molecule has 0 aliphatic heterocycles. The normalized spacial score (nSPS) is 11.6. The van der Waals surface area contributed by atoms with Crippen LogP contribution in [0.1, 0.15) is 206 Å². The summed E-state index contributed by atoms with van der Waals surface area (Å²) in [5.74, 6) is 1.57. The number of aromatic nitrogens is 2. The predicted octanol–water partition coefficient (Wildman–Crippen LogP) is 12.3. The van der Waals surface area contributed by atoms with Crippen molar-refractivity contribution in [3.63, 3.8) is 0 Å². The van der Waals surface area contributed by atoms with E-state index in [0.29, 0.717) is 0 Å². The smallest absolute Gasteiger partial charge is 0.234 e. The van der Waals surface area contributed by atoms with Crippen molar-refractivity contribution in [1.82, 2.24) is 4.57 Å². The zero-order valence-electron chi connectivity index (χ0n) is 27.5. The molecule has 0 spiro atoms. The molecule has 1 heterocycles. The summed E-state index contributed by atoms with van der Waals surface area (Å²) >= 11 is 0. The number of hydrogen-bond donors (Lipinski definition) is 0. The van der Waals surface area contributed by atoms with Gasteiger partial charge >= 0.3 is 0 Å². The third-order valence-corrected chi connectivity index (χ3v) is 8.82. The van der Waals surface area contributed by atoms with E-state index >= 15 is 0 Å². The Labute approximate surface area is 247 Å². The first-order valence-corrected chi connectivity index (χ1v) is 18.4. The van der Waals surface area contributed by atoms with E-state index in [4.69, 9.17) is 0 Å². The zero-order valence-corrected chi connectivity index (χ0v) is 27.5. The van der Waals surface area contributed by atoms with Gasteiger partial charge in [0.2, 0.25) is 0 Å². The fourth-order valence-corrected chi connectivity index (χ4v) is 6.19. The Bertz CT molecular complexity index is 605. The zero-order chi connectivity index (χ0) is 28.1. The van der Waals surface area contributed by atoms with E-state index in [1.807, 2.05) is 0 Å². The highest BCUT2D eigenvalue weighted by atomic mass is 15.1. The minimum absolute atomic E-state index is 1.22. The van der Waals surface area contributed by atoms with E-state index in [2.05, 4.69) is 42.3 Å². The number of nitrogens with zero attached hydrogens (tertiary/aromatic N) is 2. The van der Waals surface area contributed by atoms with Crippen LogP contribution in [0.2, 0.25) is 0 Å². The van der Waals surface area contributed by atoms with Gasteiger partial charge in [-0.2, -0.15) is 0 Å². The average Bonchev–Trinajstić information content (AvgIpc) is 3.32. The molecule has 0 bridgehead atoms. The highest BCUT2D eigenvalue weighted by Gasteiger charge is 2.15. The maximum absolute atomic E-state index is 2.57. The first kappa shape index (κ1) is 36.2. The lowest BCUT2D eigenvalue weighted by Gasteiger charge is -2.06. The van der Waals surface area contributed by atoms with Gasteiger partial charge in [-0.1, -0.05) is 168 Å². The quantitative estimate of drug-likeness (QED) is 0.0648. The van der Waals surface area contributed by atoms with E-state index < -0.39 is 0 Å². The van der Waals surface area contributed by atoms with Crippen molar-refractivity contribution >= 4 is 0 Å². The lowest BCUT2D eigenvalue weighted by Crippen LogP contribution is -2.37. The van der Waals surface area contributed by atoms with Crippen LogP contribution in [0.3, 0.4) is 0 Å². The predicted molar refractivity (Wildman–Crippen MR) is 175 cm³/mol. The second kappa shape index (κ2) is 28.7. The molecule has 0 fully saturated rings. The Kier molecular flexibility index (Phi) is 26.7. The maximum atomic E-state index is 2.57. The van der Waals surface area contributed by atoms with E-state index in [0.717, 1.165) is 0 Å². The molecule has 39 heavy (non-hydrogen) atoms. The molecule has 0 aliphatic rings.